The lowest BCUT2D eigenvalue weighted by Crippen LogP contribution is -2.45. The summed E-state index contributed by atoms with van der Waals surface area (Å²) in [5.74, 6) is -1.22. The Morgan fingerprint density at radius 1 is 1.29 bits per heavy atom. The highest BCUT2D eigenvalue weighted by molar-refractivity contribution is 5.94. The molecule has 7 nitrogen and oxygen atoms in total. The maximum atomic E-state index is 11.9. The van der Waals surface area contributed by atoms with Crippen molar-refractivity contribution >= 4 is 17.9 Å². The van der Waals surface area contributed by atoms with E-state index in [0.717, 1.165) is 19.4 Å². The molecule has 0 aliphatic carbocycles. The van der Waals surface area contributed by atoms with E-state index in [4.69, 9.17) is 5.11 Å². The molecule has 0 aromatic carbocycles. The Labute approximate surface area is 125 Å². The van der Waals surface area contributed by atoms with E-state index in [9.17, 15) is 14.4 Å². The molecule has 0 bridgehead atoms. The summed E-state index contributed by atoms with van der Waals surface area (Å²) in [6, 6.07) is -0.0371. The van der Waals surface area contributed by atoms with Crippen molar-refractivity contribution in [3.05, 3.63) is 0 Å². The van der Waals surface area contributed by atoms with Gasteiger partial charge in [-0.25, -0.2) is 4.79 Å². The number of amides is 3. The minimum Gasteiger partial charge on any atom is -0.481 e. The quantitative estimate of drug-likeness (QED) is 0.682. The van der Waals surface area contributed by atoms with E-state index in [1.807, 2.05) is 7.05 Å². The van der Waals surface area contributed by atoms with Crippen LogP contribution in [-0.4, -0.2) is 66.0 Å². The number of likely N-dealkylation sites (N-methyl/N-ethyl adjacent to an activating group) is 2. The van der Waals surface area contributed by atoms with Crippen LogP contribution in [0.15, 0.2) is 0 Å². The number of nitrogens with zero attached hydrogens (tertiary/aromatic N) is 2. The minimum atomic E-state index is -0.869. The Bertz CT molecular complexity index is 386. The predicted octanol–water partition coefficient (Wildman–Crippen LogP) is 0.894. The lowest BCUT2D eigenvalue weighted by molar-refractivity contribution is -0.137. The van der Waals surface area contributed by atoms with Crippen LogP contribution in [-0.2, 0) is 9.59 Å². The van der Waals surface area contributed by atoms with Crippen molar-refractivity contribution in [1.82, 2.24) is 15.1 Å². The SMILES string of the molecule is CN(CC1CCCN1C)C(=O)NC(=O)CCCCC(=O)O. The molecule has 1 aliphatic heterocycles. The van der Waals surface area contributed by atoms with Crippen LogP contribution in [0.2, 0.25) is 0 Å². The number of likely N-dealkylation sites (tertiary alicyclic amines) is 1. The fourth-order valence-electron chi connectivity index (χ4n) is 2.45. The number of rotatable bonds is 7. The van der Waals surface area contributed by atoms with Crippen LogP contribution >= 0.6 is 0 Å². The summed E-state index contributed by atoms with van der Waals surface area (Å²) in [7, 11) is 3.72. The average molecular weight is 299 g/mol. The zero-order chi connectivity index (χ0) is 15.8. The third-order valence-electron chi connectivity index (χ3n) is 3.79. The van der Waals surface area contributed by atoms with Crippen LogP contribution in [0, 0.1) is 0 Å². The number of imide groups is 1. The first-order chi connectivity index (χ1) is 9.90. The van der Waals surface area contributed by atoms with Gasteiger partial charge in [0.1, 0.15) is 0 Å². The van der Waals surface area contributed by atoms with Gasteiger partial charge >= 0.3 is 12.0 Å². The van der Waals surface area contributed by atoms with Gasteiger partial charge in [0.05, 0.1) is 0 Å². The largest absolute Gasteiger partial charge is 0.481 e. The number of carboxylic acid groups (broad SMARTS) is 1. The second kappa shape index (κ2) is 8.61. The molecule has 1 saturated heterocycles. The van der Waals surface area contributed by atoms with E-state index in [2.05, 4.69) is 10.2 Å². The number of carbonyl (C=O) groups is 3. The smallest absolute Gasteiger partial charge is 0.323 e. The number of hydrogen-bond donors (Lipinski definition) is 2. The van der Waals surface area contributed by atoms with Gasteiger partial charge in [-0.1, -0.05) is 0 Å². The lowest BCUT2D eigenvalue weighted by atomic mass is 10.2. The van der Waals surface area contributed by atoms with Gasteiger partial charge in [-0.15, -0.1) is 0 Å². The molecular weight excluding hydrogens is 274 g/mol. The van der Waals surface area contributed by atoms with E-state index >= 15 is 0 Å². The van der Waals surface area contributed by atoms with Crippen LogP contribution in [0.3, 0.4) is 0 Å². The molecule has 0 radical (unpaired) electrons. The molecule has 1 heterocycles. The summed E-state index contributed by atoms with van der Waals surface area (Å²) < 4.78 is 0. The molecule has 1 aliphatic rings. The average Bonchev–Trinajstić information content (AvgIpc) is 2.80. The lowest BCUT2D eigenvalue weighted by Gasteiger charge is -2.25. The number of urea groups is 1. The van der Waals surface area contributed by atoms with Crippen molar-refractivity contribution < 1.29 is 19.5 Å². The Kier molecular flexibility index (Phi) is 7.14. The number of hydrogen-bond acceptors (Lipinski definition) is 4. The van der Waals surface area contributed by atoms with Gasteiger partial charge in [0, 0.05) is 32.5 Å². The molecule has 1 fully saturated rings. The highest BCUT2D eigenvalue weighted by Gasteiger charge is 2.24. The van der Waals surface area contributed by atoms with Crippen LogP contribution in [0.5, 0.6) is 0 Å². The Morgan fingerprint density at radius 3 is 2.52 bits per heavy atom. The monoisotopic (exact) mass is 299 g/mol. The molecule has 7 heteroatoms. The first-order valence-corrected chi connectivity index (χ1v) is 7.37. The third-order valence-corrected chi connectivity index (χ3v) is 3.79. The van der Waals surface area contributed by atoms with E-state index < -0.39 is 12.0 Å². The van der Waals surface area contributed by atoms with Crippen LogP contribution in [0.25, 0.3) is 0 Å². The van der Waals surface area contributed by atoms with Crippen LogP contribution in [0.4, 0.5) is 4.79 Å². The van der Waals surface area contributed by atoms with Crippen LogP contribution < -0.4 is 5.32 Å². The van der Waals surface area contributed by atoms with Crippen molar-refractivity contribution in [2.24, 2.45) is 0 Å². The van der Waals surface area contributed by atoms with Crippen molar-refractivity contribution in [2.45, 2.75) is 44.6 Å². The van der Waals surface area contributed by atoms with E-state index in [0.29, 0.717) is 25.4 Å². The summed E-state index contributed by atoms with van der Waals surface area (Å²) >= 11 is 0. The van der Waals surface area contributed by atoms with Gasteiger partial charge < -0.3 is 14.9 Å². The van der Waals surface area contributed by atoms with E-state index in [-0.39, 0.29) is 18.7 Å². The number of carbonyl (C=O) groups excluding carboxylic acids is 2. The number of aliphatic carboxylic acids is 1. The molecule has 1 unspecified atom stereocenters. The maximum absolute atomic E-state index is 11.9. The fourth-order valence-corrected chi connectivity index (χ4v) is 2.45. The van der Waals surface area contributed by atoms with Gasteiger partial charge in [-0.3, -0.25) is 14.9 Å². The topological polar surface area (TPSA) is 90.0 Å². The van der Waals surface area contributed by atoms with Crippen LogP contribution in [0.1, 0.15) is 38.5 Å². The molecule has 1 rings (SSSR count). The molecular formula is C14H25N3O4. The Morgan fingerprint density at radius 2 is 1.95 bits per heavy atom. The first kappa shape index (κ1) is 17.4. The fraction of sp³-hybridized carbons (Fsp3) is 0.786. The maximum Gasteiger partial charge on any atom is 0.323 e. The van der Waals surface area contributed by atoms with Crippen molar-refractivity contribution in [3.8, 4) is 0 Å². The highest BCUT2D eigenvalue weighted by Crippen LogP contribution is 2.15. The molecule has 0 spiro atoms. The molecule has 0 aromatic heterocycles. The summed E-state index contributed by atoms with van der Waals surface area (Å²) in [6.07, 6.45) is 3.35. The summed E-state index contributed by atoms with van der Waals surface area (Å²) in [5, 5.41) is 10.8. The first-order valence-electron chi connectivity index (χ1n) is 7.37. The van der Waals surface area contributed by atoms with Crippen molar-refractivity contribution in [1.29, 1.82) is 0 Å². The zero-order valence-corrected chi connectivity index (χ0v) is 12.8. The summed E-state index contributed by atoms with van der Waals surface area (Å²) in [5.41, 5.74) is 0. The number of unbranched alkanes of at least 4 members (excludes halogenated alkanes) is 1. The van der Waals surface area contributed by atoms with E-state index in [1.54, 1.807) is 7.05 Å². The van der Waals surface area contributed by atoms with E-state index in [1.165, 1.54) is 4.90 Å². The normalized spacial score (nSPS) is 18.5. The second-order valence-electron chi connectivity index (χ2n) is 5.61. The molecule has 2 N–H and O–H groups in total. The van der Waals surface area contributed by atoms with Gasteiger partial charge in [0.15, 0.2) is 0 Å². The molecule has 1 atom stereocenters. The van der Waals surface area contributed by atoms with Crippen molar-refractivity contribution in [3.63, 3.8) is 0 Å². The van der Waals surface area contributed by atoms with Gasteiger partial charge in [0.2, 0.25) is 5.91 Å². The molecule has 21 heavy (non-hydrogen) atoms. The third kappa shape index (κ3) is 6.57. The highest BCUT2D eigenvalue weighted by atomic mass is 16.4. The Hall–Kier alpha value is -1.63. The van der Waals surface area contributed by atoms with Gasteiger partial charge in [-0.2, -0.15) is 0 Å². The zero-order valence-electron chi connectivity index (χ0n) is 12.8. The molecule has 120 valence electrons. The second-order valence-corrected chi connectivity index (χ2v) is 5.61. The van der Waals surface area contributed by atoms with Gasteiger partial charge in [-0.05, 0) is 39.3 Å². The predicted molar refractivity (Wildman–Crippen MR) is 77.9 cm³/mol. The van der Waals surface area contributed by atoms with Gasteiger partial charge in [0.25, 0.3) is 0 Å². The molecule has 3 amide bonds. The number of carboxylic acids is 1. The number of nitrogens with one attached hydrogen (secondary N) is 1. The summed E-state index contributed by atoms with van der Waals surface area (Å²) in [4.78, 5) is 37.5. The standard InChI is InChI=1S/C14H25N3O4/c1-16-9-5-6-11(16)10-17(2)14(21)15-12(18)7-3-4-8-13(19)20/h11H,3-10H2,1-2H3,(H,19,20)(H,15,18,21). The molecule has 0 saturated carbocycles. The van der Waals surface area contributed by atoms with Crippen molar-refractivity contribution in [2.75, 3.05) is 27.2 Å². The minimum absolute atomic E-state index is 0.0507. The summed E-state index contributed by atoms with van der Waals surface area (Å²) in [6.45, 7) is 1.65. The molecule has 0 aromatic rings. The Balaban J connectivity index is 2.21.